The van der Waals surface area contributed by atoms with Crippen molar-refractivity contribution in [1.82, 2.24) is 15.3 Å². The molecule has 2 aromatic rings. The van der Waals surface area contributed by atoms with Gasteiger partial charge in [-0.2, -0.15) is 0 Å². The molecule has 0 bridgehead atoms. The third-order valence-corrected chi connectivity index (χ3v) is 4.09. The van der Waals surface area contributed by atoms with Crippen LogP contribution in [0.5, 0.6) is 5.75 Å². The SMILES string of the molecule is Cc1cc(-c2ccnc(Cl)n2)ccc1OCC(C)(CC(C)C)NC(=O)O. The molecule has 7 heteroatoms. The monoisotopic (exact) mass is 377 g/mol. The van der Waals surface area contributed by atoms with E-state index in [1.54, 1.807) is 12.3 Å². The van der Waals surface area contributed by atoms with Crippen molar-refractivity contribution in [3.8, 4) is 17.0 Å². The number of hydrogen-bond donors (Lipinski definition) is 2. The summed E-state index contributed by atoms with van der Waals surface area (Å²) in [6.45, 7) is 8.14. The van der Waals surface area contributed by atoms with Gasteiger partial charge in [-0.05, 0) is 67.6 Å². The molecule has 0 aliphatic heterocycles. The highest BCUT2D eigenvalue weighted by Crippen LogP contribution is 2.27. The molecular formula is C19H24ClN3O3. The second-order valence-electron chi connectivity index (χ2n) is 7.07. The van der Waals surface area contributed by atoms with Crippen molar-refractivity contribution >= 4 is 17.7 Å². The summed E-state index contributed by atoms with van der Waals surface area (Å²) in [5, 5.41) is 11.9. The van der Waals surface area contributed by atoms with Crippen LogP contribution in [0, 0.1) is 12.8 Å². The van der Waals surface area contributed by atoms with Crippen LogP contribution in [0.4, 0.5) is 4.79 Å². The third kappa shape index (κ3) is 5.59. The fraction of sp³-hybridized carbons (Fsp3) is 0.421. The molecule has 26 heavy (non-hydrogen) atoms. The minimum absolute atomic E-state index is 0.199. The Hall–Kier alpha value is -2.34. The molecule has 1 atom stereocenters. The minimum Gasteiger partial charge on any atom is -0.491 e. The molecule has 0 spiro atoms. The summed E-state index contributed by atoms with van der Waals surface area (Å²) in [6.07, 6.45) is 1.24. The second kappa shape index (κ2) is 8.36. The number of carbonyl (C=O) groups is 1. The highest BCUT2D eigenvalue weighted by molar-refractivity contribution is 6.28. The maximum absolute atomic E-state index is 11.1. The Balaban J connectivity index is 2.15. The topological polar surface area (TPSA) is 84.3 Å². The number of aromatic nitrogens is 2. The van der Waals surface area contributed by atoms with Gasteiger partial charge in [0.1, 0.15) is 12.4 Å². The highest BCUT2D eigenvalue weighted by atomic mass is 35.5. The number of nitrogens with one attached hydrogen (secondary N) is 1. The number of aryl methyl sites for hydroxylation is 1. The van der Waals surface area contributed by atoms with Gasteiger partial charge in [-0.25, -0.2) is 14.8 Å². The molecule has 1 aromatic heterocycles. The van der Waals surface area contributed by atoms with E-state index in [0.717, 1.165) is 16.8 Å². The van der Waals surface area contributed by atoms with Crippen LogP contribution >= 0.6 is 11.6 Å². The summed E-state index contributed by atoms with van der Waals surface area (Å²) in [5.74, 6) is 1.04. The van der Waals surface area contributed by atoms with Gasteiger partial charge in [0.2, 0.25) is 5.28 Å². The largest absolute Gasteiger partial charge is 0.491 e. The van der Waals surface area contributed by atoms with Gasteiger partial charge < -0.3 is 15.2 Å². The van der Waals surface area contributed by atoms with E-state index < -0.39 is 11.6 Å². The molecule has 1 amide bonds. The Kier molecular flexibility index (Phi) is 6.42. The zero-order chi connectivity index (χ0) is 19.3. The van der Waals surface area contributed by atoms with Crippen molar-refractivity contribution in [3.63, 3.8) is 0 Å². The van der Waals surface area contributed by atoms with E-state index in [0.29, 0.717) is 18.1 Å². The average molecular weight is 378 g/mol. The van der Waals surface area contributed by atoms with Crippen molar-refractivity contribution in [1.29, 1.82) is 0 Å². The number of halogens is 1. The van der Waals surface area contributed by atoms with Gasteiger partial charge in [-0.3, -0.25) is 0 Å². The zero-order valence-electron chi connectivity index (χ0n) is 15.4. The molecule has 0 saturated carbocycles. The molecule has 140 valence electrons. The Labute approximate surface area is 158 Å². The van der Waals surface area contributed by atoms with Crippen LogP contribution in [0.3, 0.4) is 0 Å². The maximum Gasteiger partial charge on any atom is 0.405 e. The van der Waals surface area contributed by atoms with E-state index in [9.17, 15) is 4.79 Å². The van der Waals surface area contributed by atoms with Crippen LogP contribution in [0.2, 0.25) is 5.28 Å². The van der Waals surface area contributed by atoms with Crippen molar-refractivity contribution in [3.05, 3.63) is 41.3 Å². The number of nitrogens with zero attached hydrogens (tertiary/aromatic N) is 2. The van der Waals surface area contributed by atoms with Gasteiger partial charge in [0.25, 0.3) is 0 Å². The van der Waals surface area contributed by atoms with Crippen molar-refractivity contribution in [2.24, 2.45) is 5.92 Å². The van der Waals surface area contributed by atoms with Gasteiger partial charge in [0.05, 0.1) is 11.2 Å². The number of carboxylic acid groups (broad SMARTS) is 1. The lowest BCUT2D eigenvalue weighted by molar-refractivity contribution is 0.143. The molecule has 2 N–H and O–H groups in total. The molecule has 1 heterocycles. The number of ether oxygens (including phenoxy) is 1. The van der Waals surface area contributed by atoms with Crippen LogP contribution in [-0.4, -0.2) is 33.3 Å². The maximum atomic E-state index is 11.1. The van der Waals surface area contributed by atoms with Crippen LogP contribution < -0.4 is 10.1 Å². The quantitative estimate of drug-likeness (QED) is 0.691. The first-order chi connectivity index (χ1) is 12.2. The number of amides is 1. The molecule has 0 saturated heterocycles. The van der Waals surface area contributed by atoms with Crippen LogP contribution in [0.15, 0.2) is 30.5 Å². The fourth-order valence-corrected chi connectivity index (χ4v) is 3.16. The highest BCUT2D eigenvalue weighted by Gasteiger charge is 2.28. The third-order valence-electron chi connectivity index (χ3n) is 3.91. The summed E-state index contributed by atoms with van der Waals surface area (Å²) in [7, 11) is 0. The standard InChI is InChI=1S/C19H24ClN3O3/c1-12(2)10-19(4,23-18(24)25)11-26-16-6-5-14(9-13(16)3)15-7-8-21-17(20)22-15/h5-9,12,23H,10-11H2,1-4H3,(H,24,25). The van der Waals surface area contributed by atoms with Gasteiger partial charge in [-0.15, -0.1) is 0 Å². The van der Waals surface area contributed by atoms with Gasteiger partial charge in [0.15, 0.2) is 0 Å². The van der Waals surface area contributed by atoms with Crippen LogP contribution in [0.25, 0.3) is 11.3 Å². The predicted molar refractivity (Wildman–Crippen MR) is 102 cm³/mol. The van der Waals surface area contributed by atoms with E-state index in [1.807, 2.05) is 32.0 Å². The van der Waals surface area contributed by atoms with Crippen molar-refractivity contribution < 1.29 is 14.6 Å². The first-order valence-corrected chi connectivity index (χ1v) is 8.80. The summed E-state index contributed by atoms with van der Waals surface area (Å²) in [4.78, 5) is 19.2. The molecule has 2 rings (SSSR count). The summed E-state index contributed by atoms with van der Waals surface area (Å²) in [5.41, 5.74) is 1.91. The first-order valence-electron chi connectivity index (χ1n) is 8.42. The van der Waals surface area contributed by atoms with E-state index in [1.165, 1.54) is 0 Å². The Morgan fingerprint density at radius 1 is 1.38 bits per heavy atom. The molecular weight excluding hydrogens is 354 g/mol. The first kappa shape index (κ1) is 20.0. The number of hydrogen-bond acceptors (Lipinski definition) is 4. The predicted octanol–water partition coefficient (Wildman–Crippen LogP) is 4.56. The van der Waals surface area contributed by atoms with Gasteiger partial charge >= 0.3 is 6.09 Å². The molecule has 1 unspecified atom stereocenters. The Morgan fingerprint density at radius 3 is 2.69 bits per heavy atom. The zero-order valence-corrected chi connectivity index (χ0v) is 16.2. The lowest BCUT2D eigenvalue weighted by Gasteiger charge is -2.31. The average Bonchev–Trinajstić information content (AvgIpc) is 2.52. The lowest BCUT2D eigenvalue weighted by atomic mass is 9.91. The molecule has 0 aliphatic rings. The summed E-state index contributed by atoms with van der Waals surface area (Å²) in [6, 6.07) is 7.50. The van der Waals surface area contributed by atoms with E-state index in [-0.39, 0.29) is 11.9 Å². The second-order valence-corrected chi connectivity index (χ2v) is 7.41. The van der Waals surface area contributed by atoms with E-state index in [4.69, 9.17) is 21.4 Å². The molecule has 0 radical (unpaired) electrons. The lowest BCUT2D eigenvalue weighted by Crippen LogP contribution is -2.50. The van der Waals surface area contributed by atoms with Crippen molar-refractivity contribution in [2.45, 2.75) is 39.7 Å². The van der Waals surface area contributed by atoms with Crippen LogP contribution in [0.1, 0.15) is 32.8 Å². The van der Waals surface area contributed by atoms with Crippen LogP contribution in [-0.2, 0) is 0 Å². The molecule has 0 fully saturated rings. The minimum atomic E-state index is -1.05. The van der Waals surface area contributed by atoms with Crippen molar-refractivity contribution in [2.75, 3.05) is 6.61 Å². The number of benzene rings is 1. The van der Waals surface area contributed by atoms with E-state index in [2.05, 4.69) is 29.1 Å². The number of rotatable bonds is 7. The summed E-state index contributed by atoms with van der Waals surface area (Å²) >= 11 is 5.85. The van der Waals surface area contributed by atoms with E-state index >= 15 is 0 Å². The fourth-order valence-electron chi connectivity index (χ4n) is 3.01. The van der Waals surface area contributed by atoms with Gasteiger partial charge in [0, 0.05) is 11.8 Å². The normalized spacial score (nSPS) is 13.3. The Bertz CT molecular complexity index is 782. The molecule has 0 aliphatic carbocycles. The Morgan fingerprint density at radius 2 is 2.12 bits per heavy atom. The molecule has 6 nitrogen and oxygen atoms in total. The van der Waals surface area contributed by atoms with Gasteiger partial charge in [-0.1, -0.05) is 13.8 Å². The summed E-state index contributed by atoms with van der Waals surface area (Å²) < 4.78 is 5.93. The smallest absolute Gasteiger partial charge is 0.405 e. The molecule has 1 aromatic carbocycles.